The van der Waals surface area contributed by atoms with Gasteiger partial charge in [-0.15, -0.1) is 0 Å². The van der Waals surface area contributed by atoms with E-state index in [0.717, 1.165) is 6.42 Å². The van der Waals surface area contributed by atoms with Crippen molar-refractivity contribution in [3.63, 3.8) is 0 Å². The summed E-state index contributed by atoms with van der Waals surface area (Å²) in [5.74, 6) is 0. The van der Waals surface area contributed by atoms with E-state index in [0.29, 0.717) is 0 Å². The Hall–Kier alpha value is -0.300. The van der Waals surface area contributed by atoms with E-state index in [9.17, 15) is 5.11 Å². The Morgan fingerprint density at radius 1 is 1.30 bits per heavy atom. The first-order valence-corrected chi connectivity index (χ1v) is 3.77. The molecule has 0 atom stereocenters. The molecule has 0 heterocycles. The molecular formula is C9H16O. The summed E-state index contributed by atoms with van der Waals surface area (Å²) in [5.41, 5.74) is 0.766. The number of rotatable bonds is 2. The zero-order valence-electron chi connectivity index (χ0n) is 7.23. The summed E-state index contributed by atoms with van der Waals surface area (Å²) < 4.78 is 0. The molecule has 0 amide bonds. The number of hydrogen-bond acceptors (Lipinski definition) is 1. The highest BCUT2D eigenvalue weighted by Gasteiger charge is 2.40. The molecule has 0 saturated heterocycles. The fourth-order valence-corrected chi connectivity index (χ4v) is 0.954. The van der Waals surface area contributed by atoms with Crippen LogP contribution < -0.4 is 0 Å². The Bertz CT molecular complexity index is 170. The van der Waals surface area contributed by atoms with Gasteiger partial charge >= 0.3 is 0 Å². The molecule has 0 radical (unpaired) electrons. The van der Waals surface area contributed by atoms with E-state index in [4.69, 9.17) is 0 Å². The largest absolute Gasteiger partial charge is 0.390 e. The van der Waals surface area contributed by atoms with Crippen molar-refractivity contribution in [3.8, 4) is 0 Å². The monoisotopic (exact) mass is 140 g/mol. The maximum absolute atomic E-state index is 9.72. The third kappa shape index (κ3) is 1.10. The topological polar surface area (TPSA) is 20.2 Å². The first-order valence-electron chi connectivity index (χ1n) is 3.77. The average molecular weight is 140 g/mol. The van der Waals surface area contributed by atoms with Crippen molar-refractivity contribution in [1.29, 1.82) is 0 Å². The lowest BCUT2D eigenvalue weighted by molar-refractivity contribution is -0.0115. The Kier molecular flexibility index (Phi) is 1.44. The van der Waals surface area contributed by atoms with Crippen molar-refractivity contribution in [1.82, 2.24) is 0 Å². The zero-order chi connectivity index (χ0) is 7.99. The SMILES string of the molecule is CC(C)(O)C(C)(C)C1=CC1. The van der Waals surface area contributed by atoms with Gasteiger partial charge in [0.15, 0.2) is 0 Å². The van der Waals surface area contributed by atoms with E-state index < -0.39 is 5.60 Å². The fourth-order valence-electron chi connectivity index (χ4n) is 0.954. The molecule has 0 saturated carbocycles. The highest BCUT2D eigenvalue weighted by atomic mass is 16.3. The molecule has 58 valence electrons. The van der Waals surface area contributed by atoms with Crippen LogP contribution in [0.1, 0.15) is 34.1 Å². The van der Waals surface area contributed by atoms with Crippen LogP contribution >= 0.6 is 0 Å². The zero-order valence-corrected chi connectivity index (χ0v) is 7.23. The lowest BCUT2D eigenvalue weighted by Gasteiger charge is -2.35. The Morgan fingerprint density at radius 2 is 1.70 bits per heavy atom. The quantitative estimate of drug-likeness (QED) is 0.582. The first-order chi connectivity index (χ1) is 4.36. The summed E-state index contributed by atoms with van der Waals surface area (Å²) >= 11 is 0. The Labute approximate surface area is 62.8 Å². The lowest BCUT2D eigenvalue weighted by Crippen LogP contribution is -2.38. The molecule has 0 aromatic heterocycles. The second kappa shape index (κ2) is 1.85. The van der Waals surface area contributed by atoms with E-state index in [2.05, 4.69) is 19.9 Å². The molecule has 1 aliphatic carbocycles. The van der Waals surface area contributed by atoms with E-state index >= 15 is 0 Å². The van der Waals surface area contributed by atoms with E-state index in [1.165, 1.54) is 5.57 Å². The van der Waals surface area contributed by atoms with Gasteiger partial charge in [-0.3, -0.25) is 0 Å². The fraction of sp³-hybridized carbons (Fsp3) is 0.778. The van der Waals surface area contributed by atoms with Crippen molar-refractivity contribution in [2.24, 2.45) is 5.41 Å². The normalized spacial score (nSPS) is 18.7. The van der Waals surface area contributed by atoms with Crippen LogP contribution in [0.5, 0.6) is 0 Å². The standard InChI is InChI=1S/C9H16O/c1-8(2,7-5-6-7)9(3,4)10/h5,10H,6H2,1-4H3. The van der Waals surface area contributed by atoms with Crippen LogP contribution in [-0.2, 0) is 0 Å². The summed E-state index contributed by atoms with van der Waals surface area (Å²) in [6.07, 6.45) is 3.27. The van der Waals surface area contributed by atoms with Gasteiger partial charge in [-0.2, -0.15) is 0 Å². The molecule has 1 heteroatoms. The van der Waals surface area contributed by atoms with Crippen molar-refractivity contribution >= 4 is 0 Å². The smallest absolute Gasteiger partial charge is 0.0679 e. The summed E-state index contributed by atoms with van der Waals surface area (Å²) in [5, 5.41) is 9.72. The van der Waals surface area contributed by atoms with Crippen LogP contribution in [0.25, 0.3) is 0 Å². The minimum absolute atomic E-state index is 0.0347. The van der Waals surface area contributed by atoms with E-state index in [1.54, 1.807) is 0 Å². The third-order valence-corrected chi connectivity index (χ3v) is 2.74. The van der Waals surface area contributed by atoms with Gasteiger partial charge in [0.05, 0.1) is 5.60 Å². The lowest BCUT2D eigenvalue weighted by atomic mass is 9.75. The van der Waals surface area contributed by atoms with Crippen LogP contribution in [0.2, 0.25) is 0 Å². The molecule has 10 heavy (non-hydrogen) atoms. The van der Waals surface area contributed by atoms with Gasteiger partial charge in [0.25, 0.3) is 0 Å². The molecule has 1 N–H and O–H groups in total. The maximum atomic E-state index is 9.72. The molecule has 1 nitrogen and oxygen atoms in total. The second-order valence-electron chi connectivity index (χ2n) is 4.12. The average Bonchev–Trinajstić information content (AvgIpc) is 2.38. The third-order valence-electron chi connectivity index (χ3n) is 2.74. The molecule has 1 aliphatic rings. The molecule has 0 aromatic rings. The van der Waals surface area contributed by atoms with E-state index in [-0.39, 0.29) is 5.41 Å². The van der Waals surface area contributed by atoms with Crippen molar-refractivity contribution in [2.45, 2.75) is 39.7 Å². The minimum Gasteiger partial charge on any atom is -0.390 e. The van der Waals surface area contributed by atoms with Crippen LogP contribution in [0.4, 0.5) is 0 Å². The van der Waals surface area contributed by atoms with Gasteiger partial charge in [-0.05, 0) is 20.3 Å². The predicted molar refractivity (Wildman–Crippen MR) is 42.8 cm³/mol. The van der Waals surface area contributed by atoms with Crippen molar-refractivity contribution < 1.29 is 5.11 Å². The van der Waals surface area contributed by atoms with Gasteiger partial charge in [-0.25, -0.2) is 0 Å². The van der Waals surface area contributed by atoms with Gasteiger partial charge in [0, 0.05) is 5.41 Å². The Morgan fingerprint density at radius 3 is 1.80 bits per heavy atom. The van der Waals surface area contributed by atoms with Crippen LogP contribution in [0.15, 0.2) is 11.6 Å². The molecule has 0 aromatic carbocycles. The minimum atomic E-state index is -0.588. The molecule has 0 spiro atoms. The summed E-state index contributed by atoms with van der Waals surface area (Å²) in [6.45, 7) is 7.91. The van der Waals surface area contributed by atoms with Gasteiger partial charge in [-0.1, -0.05) is 25.5 Å². The van der Waals surface area contributed by atoms with Crippen molar-refractivity contribution in [3.05, 3.63) is 11.6 Å². The van der Waals surface area contributed by atoms with Crippen LogP contribution in [-0.4, -0.2) is 10.7 Å². The van der Waals surface area contributed by atoms with Crippen molar-refractivity contribution in [2.75, 3.05) is 0 Å². The molecule has 1 rings (SSSR count). The molecule has 0 aliphatic heterocycles. The first kappa shape index (κ1) is 7.80. The van der Waals surface area contributed by atoms with Crippen LogP contribution in [0.3, 0.4) is 0 Å². The van der Waals surface area contributed by atoms with Gasteiger partial charge in [0.2, 0.25) is 0 Å². The summed E-state index contributed by atoms with van der Waals surface area (Å²) in [7, 11) is 0. The molecule has 0 bridgehead atoms. The van der Waals surface area contributed by atoms with Gasteiger partial charge in [0.1, 0.15) is 0 Å². The number of hydrogen-bond donors (Lipinski definition) is 1. The molecule has 0 unspecified atom stereocenters. The summed E-state index contributed by atoms with van der Waals surface area (Å²) in [6, 6.07) is 0. The molecular weight excluding hydrogens is 124 g/mol. The highest BCUT2D eigenvalue weighted by Crippen LogP contribution is 2.45. The summed E-state index contributed by atoms with van der Waals surface area (Å²) in [4.78, 5) is 0. The van der Waals surface area contributed by atoms with E-state index in [1.807, 2.05) is 13.8 Å². The van der Waals surface area contributed by atoms with Gasteiger partial charge < -0.3 is 5.11 Å². The number of aliphatic hydroxyl groups is 1. The molecule has 0 fully saturated rings. The van der Waals surface area contributed by atoms with Crippen LogP contribution in [0, 0.1) is 5.41 Å². The maximum Gasteiger partial charge on any atom is 0.0679 e. The predicted octanol–water partition coefficient (Wildman–Crippen LogP) is 2.11. The second-order valence-corrected chi connectivity index (χ2v) is 4.12. The number of allylic oxidation sites excluding steroid dienone is 1. The Balaban J connectivity index is 2.76. The highest BCUT2D eigenvalue weighted by molar-refractivity contribution is 5.31.